The molecule has 0 aliphatic carbocycles. The van der Waals surface area contributed by atoms with Gasteiger partial charge in [0.15, 0.2) is 0 Å². The molecular formula is C15H15NO2S. The van der Waals surface area contributed by atoms with Crippen LogP contribution in [0.5, 0.6) is 0 Å². The maximum Gasteiger partial charge on any atom is 0.234 e. The van der Waals surface area contributed by atoms with Crippen LogP contribution < -0.4 is 0 Å². The summed E-state index contributed by atoms with van der Waals surface area (Å²) >= 11 is 1.61. The lowest BCUT2D eigenvalue weighted by atomic mass is 10.2. The van der Waals surface area contributed by atoms with Gasteiger partial charge in [-0.3, -0.25) is 4.79 Å². The van der Waals surface area contributed by atoms with Gasteiger partial charge in [0.2, 0.25) is 5.91 Å². The van der Waals surface area contributed by atoms with Crippen LogP contribution in [0.1, 0.15) is 18.1 Å². The summed E-state index contributed by atoms with van der Waals surface area (Å²) in [6, 6.07) is 9.93. The summed E-state index contributed by atoms with van der Waals surface area (Å²) in [4.78, 5) is 13.8. The quantitative estimate of drug-likeness (QED) is 0.801. The Bertz CT molecular complexity index is 613. The first kappa shape index (κ1) is 12.4. The van der Waals surface area contributed by atoms with Gasteiger partial charge in [-0.05, 0) is 19.1 Å². The summed E-state index contributed by atoms with van der Waals surface area (Å²) in [6.45, 7) is 6.42. The molecule has 1 amide bonds. The summed E-state index contributed by atoms with van der Waals surface area (Å²) < 4.78 is 5.87. The van der Waals surface area contributed by atoms with Crippen molar-refractivity contribution in [1.82, 2.24) is 4.90 Å². The van der Waals surface area contributed by atoms with Gasteiger partial charge >= 0.3 is 0 Å². The van der Waals surface area contributed by atoms with E-state index in [9.17, 15) is 4.79 Å². The van der Waals surface area contributed by atoms with E-state index < -0.39 is 0 Å². The van der Waals surface area contributed by atoms with E-state index in [2.05, 4.69) is 6.58 Å². The summed E-state index contributed by atoms with van der Waals surface area (Å²) in [5.41, 5.74) is 1.85. The summed E-state index contributed by atoms with van der Waals surface area (Å²) in [7, 11) is 0. The Morgan fingerprint density at radius 2 is 2.32 bits per heavy atom. The molecule has 1 unspecified atom stereocenters. The molecule has 3 nitrogen and oxygen atoms in total. The zero-order valence-electron chi connectivity index (χ0n) is 10.8. The Hall–Kier alpha value is -1.68. The van der Waals surface area contributed by atoms with Gasteiger partial charge in [-0.1, -0.05) is 30.4 Å². The monoisotopic (exact) mass is 273 g/mol. The number of fused-ring (bicyclic) bond motifs is 1. The lowest BCUT2D eigenvalue weighted by Crippen LogP contribution is -2.29. The first-order chi connectivity index (χ1) is 9.15. The van der Waals surface area contributed by atoms with E-state index in [1.165, 1.54) is 0 Å². The molecule has 4 heteroatoms. The van der Waals surface area contributed by atoms with Crippen molar-refractivity contribution >= 4 is 28.6 Å². The van der Waals surface area contributed by atoms with E-state index in [0.717, 1.165) is 22.3 Å². The van der Waals surface area contributed by atoms with Gasteiger partial charge in [-0.2, -0.15) is 0 Å². The molecule has 1 aliphatic rings. The van der Waals surface area contributed by atoms with Crippen LogP contribution in [-0.4, -0.2) is 23.1 Å². The van der Waals surface area contributed by atoms with Gasteiger partial charge in [0.1, 0.15) is 16.7 Å². The van der Waals surface area contributed by atoms with Crippen molar-refractivity contribution in [2.75, 3.05) is 12.3 Å². The molecular weight excluding hydrogens is 258 g/mol. The fraction of sp³-hybridized carbons (Fsp3) is 0.267. The first-order valence-corrected chi connectivity index (χ1v) is 7.24. The predicted molar refractivity (Wildman–Crippen MR) is 77.9 cm³/mol. The number of carbonyl (C=O) groups is 1. The summed E-state index contributed by atoms with van der Waals surface area (Å²) in [5, 5.41) is 1.05. The SMILES string of the molecule is C=C(C)CN1C(=O)CSC1c1cc2ccccc2o1. The molecule has 0 saturated carbocycles. The van der Waals surface area contributed by atoms with E-state index in [1.807, 2.05) is 42.2 Å². The zero-order chi connectivity index (χ0) is 13.4. The van der Waals surface area contributed by atoms with Crippen molar-refractivity contribution in [1.29, 1.82) is 0 Å². The number of thioether (sulfide) groups is 1. The second kappa shape index (κ2) is 4.78. The molecule has 1 atom stereocenters. The number of nitrogens with zero attached hydrogens (tertiary/aromatic N) is 1. The number of para-hydroxylation sites is 1. The topological polar surface area (TPSA) is 33.5 Å². The van der Waals surface area contributed by atoms with Crippen LogP contribution in [0.2, 0.25) is 0 Å². The Labute approximate surface area is 116 Å². The van der Waals surface area contributed by atoms with E-state index in [0.29, 0.717) is 12.3 Å². The average Bonchev–Trinajstić information content (AvgIpc) is 2.93. The average molecular weight is 273 g/mol. The van der Waals surface area contributed by atoms with Gasteiger partial charge in [0.05, 0.1) is 5.75 Å². The van der Waals surface area contributed by atoms with Crippen molar-refractivity contribution in [2.24, 2.45) is 0 Å². The van der Waals surface area contributed by atoms with Gasteiger partial charge in [0.25, 0.3) is 0 Å². The lowest BCUT2D eigenvalue weighted by molar-refractivity contribution is -0.127. The van der Waals surface area contributed by atoms with Crippen LogP contribution in [0.15, 0.2) is 46.9 Å². The number of rotatable bonds is 3. The summed E-state index contributed by atoms with van der Waals surface area (Å²) in [5.74, 6) is 1.51. The highest BCUT2D eigenvalue weighted by atomic mass is 32.2. The number of carbonyl (C=O) groups excluding carboxylic acids is 1. The van der Waals surface area contributed by atoms with Crippen molar-refractivity contribution in [3.8, 4) is 0 Å². The van der Waals surface area contributed by atoms with Gasteiger partial charge in [-0.15, -0.1) is 11.8 Å². The molecule has 3 rings (SSSR count). The zero-order valence-corrected chi connectivity index (χ0v) is 11.6. The van der Waals surface area contributed by atoms with Crippen molar-refractivity contribution in [2.45, 2.75) is 12.3 Å². The lowest BCUT2D eigenvalue weighted by Gasteiger charge is -2.22. The fourth-order valence-corrected chi connectivity index (χ4v) is 3.39. The Morgan fingerprint density at radius 1 is 1.53 bits per heavy atom. The molecule has 0 radical (unpaired) electrons. The molecule has 1 aromatic heterocycles. The smallest absolute Gasteiger partial charge is 0.234 e. The molecule has 1 aliphatic heterocycles. The van der Waals surface area contributed by atoms with Crippen molar-refractivity contribution < 1.29 is 9.21 Å². The molecule has 2 aromatic rings. The molecule has 0 N–H and O–H groups in total. The van der Waals surface area contributed by atoms with Crippen LogP contribution in [-0.2, 0) is 4.79 Å². The van der Waals surface area contributed by atoms with Crippen LogP contribution in [0.25, 0.3) is 11.0 Å². The van der Waals surface area contributed by atoms with Crippen LogP contribution in [0.4, 0.5) is 0 Å². The van der Waals surface area contributed by atoms with Crippen LogP contribution >= 0.6 is 11.8 Å². The fourth-order valence-electron chi connectivity index (χ4n) is 2.28. The van der Waals surface area contributed by atoms with Crippen molar-refractivity contribution in [3.63, 3.8) is 0 Å². The van der Waals surface area contributed by atoms with Crippen LogP contribution in [0.3, 0.4) is 0 Å². The molecule has 1 fully saturated rings. The third-order valence-electron chi connectivity index (χ3n) is 3.10. The third kappa shape index (κ3) is 2.28. The van der Waals surface area contributed by atoms with Crippen LogP contribution in [0, 0.1) is 0 Å². The predicted octanol–water partition coefficient (Wildman–Crippen LogP) is 3.58. The molecule has 1 aromatic carbocycles. The molecule has 1 saturated heterocycles. The van der Waals surface area contributed by atoms with Gasteiger partial charge < -0.3 is 9.32 Å². The maximum absolute atomic E-state index is 11.9. The number of furan rings is 1. The molecule has 0 bridgehead atoms. The normalized spacial score (nSPS) is 19.3. The first-order valence-electron chi connectivity index (χ1n) is 6.19. The number of hydrogen-bond donors (Lipinski definition) is 0. The molecule has 19 heavy (non-hydrogen) atoms. The summed E-state index contributed by atoms with van der Waals surface area (Å²) in [6.07, 6.45) is 0. The van der Waals surface area contributed by atoms with E-state index in [4.69, 9.17) is 4.42 Å². The molecule has 98 valence electrons. The van der Waals surface area contributed by atoms with Gasteiger partial charge in [-0.25, -0.2) is 0 Å². The van der Waals surface area contributed by atoms with Crippen molar-refractivity contribution in [3.05, 3.63) is 48.2 Å². The highest BCUT2D eigenvalue weighted by Crippen LogP contribution is 2.40. The minimum absolute atomic E-state index is 0.0309. The minimum atomic E-state index is -0.0309. The highest BCUT2D eigenvalue weighted by Gasteiger charge is 2.34. The third-order valence-corrected chi connectivity index (χ3v) is 4.31. The Morgan fingerprint density at radius 3 is 3.05 bits per heavy atom. The largest absolute Gasteiger partial charge is 0.458 e. The standard InChI is InChI=1S/C15H15NO2S/c1-10(2)8-16-14(17)9-19-15(16)13-7-11-5-3-4-6-12(11)18-13/h3-7,15H,1,8-9H2,2H3. The number of amides is 1. The Balaban J connectivity index is 1.95. The van der Waals surface area contributed by atoms with E-state index >= 15 is 0 Å². The van der Waals surface area contributed by atoms with E-state index in [-0.39, 0.29) is 11.3 Å². The minimum Gasteiger partial charge on any atom is -0.458 e. The molecule has 0 spiro atoms. The number of hydrogen-bond acceptors (Lipinski definition) is 3. The highest BCUT2D eigenvalue weighted by molar-refractivity contribution is 8.00. The van der Waals surface area contributed by atoms with Gasteiger partial charge in [0, 0.05) is 11.9 Å². The second-order valence-corrected chi connectivity index (χ2v) is 5.90. The number of benzene rings is 1. The Kier molecular flexibility index (Phi) is 3.11. The molecule has 2 heterocycles. The second-order valence-electron chi connectivity index (χ2n) is 4.83. The maximum atomic E-state index is 11.9. The van der Waals surface area contributed by atoms with E-state index in [1.54, 1.807) is 11.8 Å².